The van der Waals surface area contributed by atoms with E-state index in [1.54, 1.807) is 13.8 Å². The van der Waals surface area contributed by atoms with E-state index in [0.717, 1.165) is 10.9 Å². The number of aryl methyl sites for hydroxylation is 1. The molecule has 2 nitrogen and oxygen atoms in total. The highest BCUT2D eigenvalue weighted by Crippen LogP contribution is 2.42. The number of hydrogen-bond acceptors (Lipinski definition) is 2. The zero-order valence-corrected chi connectivity index (χ0v) is 14.5. The minimum Gasteiger partial charge on any atom is -0.229 e. The van der Waals surface area contributed by atoms with E-state index in [1.807, 2.05) is 30.3 Å². The SMILES string of the molecule is Cc1ccc(C(Br)C(C)(C)S(C)(=O)=O)c2ccccc12. The average Bonchev–Trinajstić information content (AvgIpc) is 2.37. The Labute approximate surface area is 129 Å². The molecule has 4 heteroatoms. The van der Waals surface area contributed by atoms with Gasteiger partial charge in [-0.05, 0) is 42.7 Å². The summed E-state index contributed by atoms with van der Waals surface area (Å²) in [5.41, 5.74) is 2.21. The minimum absolute atomic E-state index is 0.254. The summed E-state index contributed by atoms with van der Waals surface area (Å²) >= 11 is 3.61. The van der Waals surface area contributed by atoms with Crippen LogP contribution in [0.5, 0.6) is 0 Å². The summed E-state index contributed by atoms with van der Waals surface area (Å²) in [4.78, 5) is -0.254. The fourth-order valence-corrected chi connectivity index (χ4v) is 4.18. The van der Waals surface area contributed by atoms with E-state index < -0.39 is 14.6 Å². The molecule has 0 bridgehead atoms. The van der Waals surface area contributed by atoms with Crippen molar-refractivity contribution in [1.29, 1.82) is 0 Å². The van der Waals surface area contributed by atoms with Gasteiger partial charge >= 0.3 is 0 Å². The molecule has 2 aromatic rings. The lowest BCUT2D eigenvalue weighted by atomic mass is 9.94. The van der Waals surface area contributed by atoms with E-state index in [9.17, 15) is 8.42 Å². The number of halogens is 1. The van der Waals surface area contributed by atoms with Gasteiger partial charge in [0.25, 0.3) is 0 Å². The van der Waals surface area contributed by atoms with Crippen LogP contribution in [0.4, 0.5) is 0 Å². The van der Waals surface area contributed by atoms with Crippen molar-refractivity contribution >= 4 is 36.5 Å². The molecule has 0 saturated heterocycles. The van der Waals surface area contributed by atoms with Crippen molar-refractivity contribution in [1.82, 2.24) is 0 Å². The zero-order chi connectivity index (χ0) is 15.1. The molecule has 0 amide bonds. The van der Waals surface area contributed by atoms with Crippen LogP contribution in [0.2, 0.25) is 0 Å². The van der Waals surface area contributed by atoms with Crippen LogP contribution in [-0.4, -0.2) is 19.4 Å². The van der Waals surface area contributed by atoms with Crippen LogP contribution in [0.3, 0.4) is 0 Å². The second-order valence-electron chi connectivity index (χ2n) is 5.76. The van der Waals surface area contributed by atoms with Crippen molar-refractivity contribution in [2.45, 2.75) is 30.3 Å². The summed E-state index contributed by atoms with van der Waals surface area (Å²) in [5.74, 6) is 0. The van der Waals surface area contributed by atoms with Gasteiger partial charge in [0.05, 0.1) is 9.57 Å². The predicted molar refractivity (Wildman–Crippen MR) is 89.3 cm³/mol. The Bertz CT molecular complexity index is 748. The molecule has 0 aliphatic carbocycles. The average molecular weight is 355 g/mol. The molecule has 20 heavy (non-hydrogen) atoms. The van der Waals surface area contributed by atoms with E-state index in [0.29, 0.717) is 0 Å². The summed E-state index contributed by atoms with van der Waals surface area (Å²) < 4.78 is 23.2. The van der Waals surface area contributed by atoms with Crippen LogP contribution in [0, 0.1) is 6.92 Å². The number of benzene rings is 2. The van der Waals surface area contributed by atoms with Gasteiger partial charge in [-0.3, -0.25) is 0 Å². The zero-order valence-electron chi connectivity index (χ0n) is 12.1. The smallest absolute Gasteiger partial charge is 0.154 e. The molecule has 0 N–H and O–H groups in total. The molecule has 0 aliphatic rings. The van der Waals surface area contributed by atoms with Gasteiger partial charge in [-0.2, -0.15) is 0 Å². The van der Waals surface area contributed by atoms with E-state index >= 15 is 0 Å². The molecule has 1 atom stereocenters. The molecule has 0 aromatic heterocycles. The Hall–Kier alpha value is -0.870. The summed E-state index contributed by atoms with van der Waals surface area (Å²) in [6.07, 6.45) is 1.29. The highest BCUT2D eigenvalue weighted by atomic mass is 79.9. The van der Waals surface area contributed by atoms with Gasteiger partial charge in [0.1, 0.15) is 0 Å². The summed E-state index contributed by atoms with van der Waals surface area (Å²) in [6, 6.07) is 12.2. The third kappa shape index (κ3) is 2.51. The monoisotopic (exact) mass is 354 g/mol. The fraction of sp³-hybridized carbons (Fsp3) is 0.375. The quantitative estimate of drug-likeness (QED) is 0.765. The van der Waals surface area contributed by atoms with Gasteiger partial charge in [0.15, 0.2) is 9.84 Å². The summed E-state index contributed by atoms with van der Waals surface area (Å²) in [5, 5.41) is 2.27. The van der Waals surface area contributed by atoms with E-state index in [1.165, 1.54) is 17.2 Å². The molecule has 0 aliphatic heterocycles. The van der Waals surface area contributed by atoms with E-state index in [2.05, 4.69) is 28.9 Å². The second-order valence-corrected chi connectivity index (χ2v) is 9.27. The Balaban J connectivity index is 2.68. The Morgan fingerprint density at radius 3 is 2.15 bits per heavy atom. The molecule has 1 unspecified atom stereocenters. The first kappa shape index (κ1) is 15.5. The Kier molecular flexibility index (Phi) is 4.00. The van der Waals surface area contributed by atoms with E-state index in [-0.39, 0.29) is 4.83 Å². The highest BCUT2D eigenvalue weighted by Gasteiger charge is 2.39. The maximum absolute atomic E-state index is 12.0. The van der Waals surface area contributed by atoms with Crippen molar-refractivity contribution in [3.8, 4) is 0 Å². The predicted octanol–water partition coefficient (Wildman–Crippen LogP) is 4.41. The Morgan fingerprint density at radius 1 is 1.05 bits per heavy atom. The maximum Gasteiger partial charge on any atom is 0.154 e. The van der Waals surface area contributed by atoms with Crippen molar-refractivity contribution < 1.29 is 8.42 Å². The fourth-order valence-electron chi connectivity index (χ4n) is 2.26. The van der Waals surface area contributed by atoms with Crippen LogP contribution in [-0.2, 0) is 9.84 Å². The summed E-state index contributed by atoms with van der Waals surface area (Å²) in [6.45, 7) is 5.59. The highest BCUT2D eigenvalue weighted by molar-refractivity contribution is 9.09. The third-order valence-corrected chi connectivity index (χ3v) is 8.10. The first-order valence-corrected chi connectivity index (χ1v) is 9.29. The van der Waals surface area contributed by atoms with Gasteiger partial charge in [-0.25, -0.2) is 8.42 Å². The first-order chi connectivity index (χ1) is 9.16. The van der Waals surface area contributed by atoms with Crippen LogP contribution in [0.1, 0.15) is 29.8 Å². The van der Waals surface area contributed by atoms with Gasteiger partial charge in [-0.1, -0.05) is 52.3 Å². The largest absolute Gasteiger partial charge is 0.229 e. The van der Waals surface area contributed by atoms with Crippen LogP contribution >= 0.6 is 15.9 Å². The molecule has 0 fully saturated rings. The van der Waals surface area contributed by atoms with Crippen molar-refractivity contribution in [3.05, 3.63) is 47.5 Å². The lowest BCUT2D eigenvalue weighted by molar-refractivity contribution is 0.549. The maximum atomic E-state index is 12.0. The van der Waals surface area contributed by atoms with Crippen LogP contribution < -0.4 is 0 Å². The standard InChI is InChI=1S/C16H19BrO2S/c1-11-9-10-14(13-8-6-5-7-12(11)13)15(17)16(2,3)20(4,18)19/h5-10,15H,1-4H3. The molecular formula is C16H19BrO2S. The van der Waals surface area contributed by atoms with Gasteiger partial charge in [0.2, 0.25) is 0 Å². The second kappa shape index (κ2) is 5.15. The van der Waals surface area contributed by atoms with Crippen molar-refractivity contribution in [2.75, 3.05) is 6.26 Å². The molecule has 0 radical (unpaired) electrons. The summed E-state index contributed by atoms with van der Waals surface area (Å²) in [7, 11) is -3.18. The number of hydrogen-bond donors (Lipinski definition) is 0. The van der Waals surface area contributed by atoms with E-state index in [4.69, 9.17) is 0 Å². The molecule has 0 heterocycles. The van der Waals surface area contributed by atoms with Gasteiger partial charge in [-0.15, -0.1) is 0 Å². The van der Waals surface area contributed by atoms with Crippen molar-refractivity contribution in [3.63, 3.8) is 0 Å². The van der Waals surface area contributed by atoms with Gasteiger partial charge < -0.3 is 0 Å². The lowest BCUT2D eigenvalue weighted by Gasteiger charge is -2.29. The molecule has 2 rings (SSSR count). The number of rotatable bonds is 3. The molecule has 0 spiro atoms. The number of fused-ring (bicyclic) bond motifs is 1. The number of sulfone groups is 1. The van der Waals surface area contributed by atoms with Crippen LogP contribution in [0.15, 0.2) is 36.4 Å². The number of alkyl halides is 1. The van der Waals surface area contributed by atoms with Crippen molar-refractivity contribution in [2.24, 2.45) is 0 Å². The Morgan fingerprint density at radius 2 is 1.60 bits per heavy atom. The lowest BCUT2D eigenvalue weighted by Crippen LogP contribution is -2.35. The molecule has 0 saturated carbocycles. The van der Waals surface area contributed by atoms with Gasteiger partial charge in [0, 0.05) is 6.26 Å². The topological polar surface area (TPSA) is 34.1 Å². The third-order valence-electron chi connectivity index (χ3n) is 4.01. The molecular weight excluding hydrogens is 336 g/mol. The normalized spacial score (nSPS) is 14.4. The minimum atomic E-state index is -3.18. The van der Waals surface area contributed by atoms with Crippen LogP contribution in [0.25, 0.3) is 10.8 Å². The molecule has 108 valence electrons. The first-order valence-electron chi connectivity index (χ1n) is 6.48. The molecule has 2 aromatic carbocycles.